The Hall–Kier alpha value is -0.570. The molecule has 0 aromatic heterocycles. The van der Waals surface area contributed by atoms with Crippen molar-refractivity contribution in [1.82, 2.24) is 9.80 Å². The fraction of sp³-hybridized carbons (Fsp3) is 0.933. The molecule has 0 unspecified atom stereocenters. The SMILES string of the molecule is CCCC1CCN(C(=O)CCN(CC)CC)CC1. The van der Waals surface area contributed by atoms with E-state index >= 15 is 0 Å². The van der Waals surface area contributed by atoms with Crippen LogP contribution >= 0.6 is 0 Å². The van der Waals surface area contributed by atoms with Crippen LogP contribution < -0.4 is 0 Å². The Labute approximate surface area is 113 Å². The van der Waals surface area contributed by atoms with E-state index < -0.39 is 0 Å². The summed E-state index contributed by atoms with van der Waals surface area (Å²) < 4.78 is 0. The van der Waals surface area contributed by atoms with Crippen LogP contribution in [0.4, 0.5) is 0 Å². The molecule has 3 nitrogen and oxygen atoms in total. The second kappa shape index (κ2) is 8.52. The van der Waals surface area contributed by atoms with Gasteiger partial charge in [-0.1, -0.05) is 33.6 Å². The van der Waals surface area contributed by atoms with Crippen molar-refractivity contribution in [1.29, 1.82) is 0 Å². The van der Waals surface area contributed by atoms with Crippen LogP contribution in [0.25, 0.3) is 0 Å². The minimum absolute atomic E-state index is 0.358. The van der Waals surface area contributed by atoms with Crippen molar-refractivity contribution in [2.45, 2.75) is 52.9 Å². The van der Waals surface area contributed by atoms with Crippen LogP contribution in [0.1, 0.15) is 52.9 Å². The van der Waals surface area contributed by atoms with Gasteiger partial charge in [-0.15, -0.1) is 0 Å². The van der Waals surface area contributed by atoms with E-state index in [9.17, 15) is 4.79 Å². The molecule has 106 valence electrons. The Kier molecular flexibility index (Phi) is 7.33. The van der Waals surface area contributed by atoms with Gasteiger partial charge in [-0.25, -0.2) is 0 Å². The van der Waals surface area contributed by atoms with Crippen molar-refractivity contribution in [3.8, 4) is 0 Å². The lowest BCUT2D eigenvalue weighted by molar-refractivity contribution is -0.132. The maximum absolute atomic E-state index is 12.1. The van der Waals surface area contributed by atoms with Gasteiger partial charge in [-0.05, 0) is 31.8 Å². The predicted octanol–water partition coefficient (Wildman–Crippen LogP) is 2.76. The maximum atomic E-state index is 12.1. The van der Waals surface area contributed by atoms with Crippen molar-refractivity contribution in [2.24, 2.45) is 5.92 Å². The standard InChI is InChI=1S/C15H30N2O/c1-4-7-14-8-12-17(13-9-14)15(18)10-11-16(5-2)6-3/h14H,4-13H2,1-3H3. The van der Waals surface area contributed by atoms with Gasteiger partial charge >= 0.3 is 0 Å². The molecule has 0 aromatic carbocycles. The van der Waals surface area contributed by atoms with Crippen LogP contribution in [0.3, 0.4) is 0 Å². The van der Waals surface area contributed by atoms with Crippen molar-refractivity contribution >= 4 is 5.91 Å². The lowest BCUT2D eigenvalue weighted by atomic mass is 9.92. The molecule has 1 amide bonds. The number of carbonyl (C=O) groups is 1. The molecule has 0 saturated carbocycles. The normalized spacial score (nSPS) is 17.4. The molecule has 0 radical (unpaired) electrons. The molecular formula is C15H30N2O. The smallest absolute Gasteiger partial charge is 0.223 e. The first-order chi connectivity index (χ1) is 8.71. The van der Waals surface area contributed by atoms with Crippen LogP contribution in [0.2, 0.25) is 0 Å². The van der Waals surface area contributed by atoms with E-state index in [4.69, 9.17) is 0 Å². The molecule has 0 atom stereocenters. The number of amides is 1. The minimum atomic E-state index is 0.358. The molecule has 1 heterocycles. The first-order valence-corrected chi connectivity index (χ1v) is 7.71. The van der Waals surface area contributed by atoms with Crippen LogP contribution in [-0.4, -0.2) is 48.4 Å². The quantitative estimate of drug-likeness (QED) is 0.697. The second-order valence-corrected chi connectivity index (χ2v) is 5.39. The zero-order valence-electron chi connectivity index (χ0n) is 12.5. The molecule has 0 aliphatic carbocycles. The monoisotopic (exact) mass is 254 g/mol. The van der Waals surface area contributed by atoms with Gasteiger partial charge in [0.15, 0.2) is 0 Å². The summed E-state index contributed by atoms with van der Waals surface area (Å²) in [5.41, 5.74) is 0. The van der Waals surface area contributed by atoms with Crippen LogP contribution in [0.15, 0.2) is 0 Å². The van der Waals surface area contributed by atoms with Crippen molar-refractivity contribution in [3.63, 3.8) is 0 Å². The van der Waals surface area contributed by atoms with E-state index in [0.29, 0.717) is 12.3 Å². The van der Waals surface area contributed by atoms with Gasteiger partial charge < -0.3 is 9.80 Å². The number of carbonyl (C=O) groups excluding carboxylic acids is 1. The topological polar surface area (TPSA) is 23.6 Å². The van der Waals surface area contributed by atoms with E-state index in [0.717, 1.165) is 38.6 Å². The lowest BCUT2D eigenvalue weighted by Crippen LogP contribution is -2.40. The second-order valence-electron chi connectivity index (χ2n) is 5.39. The molecule has 1 saturated heterocycles. The largest absolute Gasteiger partial charge is 0.343 e. The van der Waals surface area contributed by atoms with Crippen molar-refractivity contribution < 1.29 is 4.79 Å². The molecular weight excluding hydrogens is 224 g/mol. The highest BCUT2D eigenvalue weighted by molar-refractivity contribution is 5.76. The average Bonchev–Trinajstić information content (AvgIpc) is 2.41. The molecule has 0 spiro atoms. The summed E-state index contributed by atoms with van der Waals surface area (Å²) >= 11 is 0. The van der Waals surface area contributed by atoms with Crippen LogP contribution in [0, 0.1) is 5.92 Å². The highest BCUT2D eigenvalue weighted by Gasteiger charge is 2.22. The third kappa shape index (κ3) is 4.97. The molecule has 0 aromatic rings. The number of rotatable bonds is 7. The van der Waals surface area contributed by atoms with Gasteiger partial charge in [0.05, 0.1) is 0 Å². The van der Waals surface area contributed by atoms with Gasteiger partial charge in [0.1, 0.15) is 0 Å². The molecule has 1 aliphatic heterocycles. The number of piperidine rings is 1. The number of hydrogen-bond donors (Lipinski definition) is 0. The van der Waals surface area contributed by atoms with Crippen LogP contribution in [0.5, 0.6) is 0 Å². The highest BCUT2D eigenvalue weighted by atomic mass is 16.2. The first kappa shape index (κ1) is 15.5. The third-order valence-corrected chi connectivity index (χ3v) is 4.20. The Bertz CT molecular complexity index is 231. The van der Waals surface area contributed by atoms with Gasteiger partial charge in [-0.2, -0.15) is 0 Å². The summed E-state index contributed by atoms with van der Waals surface area (Å²) in [7, 11) is 0. The Morgan fingerprint density at radius 1 is 1.17 bits per heavy atom. The van der Waals surface area contributed by atoms with Gasteiger partial charge in [0.25, 0.3) is 0 Å². The third-order valence-electron chi connectivity index (χ3n) is 4.20. The fourth-order valence-electron chi connectivity index (χ4n) is 2.83. The van der Waals surface area contributed by atoms with E-state index in [-0.39, 0.29) is 0 Å². The highest BCUT2D eigenvalue weighted by Crippen LogP contribution is 2.21. The molecule has 1 fully saturated rings. The zero-order valence-corrected chi connectivity index (χ0v) is 12.5. The number of likely N-dealkylation sites (tertiary alicyclic amines) is 1. The maximum Gasteiger partial charge on any atom is 0.223 e. The molecule has 0 bridgehead atoms. The summed E-state index contributed by atoms with van der Waals surface area (Å²) in [4.78, 5) is 16.5. The lowest BCUT2D eigenvalue weighted by Gasteiger charge is -2.32. The van der Waals surface area contributed by atoms with Crippen molar-refractivity contribution in [3.05, 3.63) is 0 Å². The van der Waals surface area contributed by atoms with E-state index in [1.54, 1.807) is 0 Å². The zero-order chi connectivity index (χ0) is 13.4. The van der Waals surface area contributed by atoms with E-state index in [2.05, 4.69) is 30.6 Å². The Balaban J connectivity index is 2.23. The summed E-state index contributed by atoms with van der Waals surface area (Å²) in [6.07, 6.45) is 5.73. The minimum Gasteiger partial charge on any atom is -0.343 e. The number of nitrogens with zero attached hydrogens (tertiary/aromatic N) is 2. The van der Waals surface area contributed by atoms with Crippen molar-refractivity contribution in [2.75, 3.05) is 32.7 Å². The number of hydrogen-bond acceptors (Lipinski definition) is 2. The summed E-state index contributed by atoms with van der Waals surface area (Å²) in [5.74, 6) is 1.22. The Morgan fingerprint density at radius 3 is 2.28 bits per heavy atom. The Morgan fingerprint density at radius 2 is 1.78 bits per heavy atom. The fourth-order valence-corrected chi connectivity index (χ4v) is 2.83. The average molecular weight is 254 g/mol. The first-order valence-electron chi connectivity index (χ1n) is 7.71. The van der Waals surface area contributed by atoms with Gasteiger partial charge in [0.2, 0.25) is 5.91 Å². The summed E-state index contributed by atoms with van der Waals surface area (Å²) in [6.45, 7) is 11.5. The predicted molar refractivity (Wildman–Crippen MR) is 76.6 cm³/mol. The summed E-state index contributed by atoms with van der Waals surface area (Å²) in [6, 6.07) is 0. The van der Waals surface area contributed by atoms with Gasteiger partial charge in [0, 0.05) is 26.1 Å². The summed E-state index contributed by atoms with van der Waals surface area (Å²) in [5, 5.41) is 0. The molecule has 1 aliphatic rings. The van der Waals surface area contributed by atoms with Gasteiger partial charge in [-0.3, -0.25) is 4.79 Å². The van der Waals surface area contributed by atoms with E-state index in [1.807, 2.05) is 0 Å². The molecule has 3 heteroatoms. The molecule has 1 rings (SSSR count). The van der Waals surface area contributed by atoms with Crippen LogP contribution in [-0.2, 0) is 4.79 Å². The molecule has 18 heavy (non-hydrogen) atoms. The molecule has 0 N–H and O–H groups in total. The van der Waals surface area contributed by atoms with E-state index in [1.165, 1.54) is 25.7 Å².